The number of nitrogens with zero attached hydrogens (tertiary/aromatic N) is 1. The molecule has 1 amide bonds. The Hall–Kier alpha value is -2.34. The number of aryl methyl sites for hydroxylation is 1. The van der Waals surface area contributed by atoms with Crippen LogP contribution in [0.1, 0.15) is 34.8 Å². The van der Waals surface area contributed by atoms with Gasteiger partial charge >= 0.3 is 0 Å². The molecule has 0 saturated carbocycles. The SMILES string of the molecule is Cc1ccc(C(C)NC(=O)c2ccc(Cl)c([N+](=O)[O-])c2)o1. The number of nitro benzene ring substituents is 1. The number of carbonyl (C=O) groups excluding carboxylic acids is 1. The second-order valence-corrected chi connectivity index (χ2v) is 4.97. The fourth-order valence-electron chi connectivity index (χ4n) is 1.83. The van der Waals surface area contributed by atoms with Gasteiger partial charge in [0.05, 0.1) is 11.0 Å². The molecule has 2 aromatic rings. The Morgan fingerprint density at radius 3 is 2.67 bits per heavy atom. The van der Waals surface area contributed by atoms with E-state index in [1.54, 1.807) is 26.0 Å². The quantitative estimate of drug-likeness (QED) is 0.690. The van der Waals surface area contributed by atoms with Gasteiger partial charge in [0.15, 0.2) is 0 Å². The molecule has 7 heteroatoms. The fourth-order valence-corrected chi connectivity index (χ4v) is 2.02. The van der Waals surface area contributed by atoms with Crippen molar-refractivity contribution in [3.8, 4) is 0 Å². The second-order valence-electron chi connectivity index (χ2n) is 4.57. The van der Waals surface area contributed by atoms with E-state index in [0.717, 1.165) is 11.8 Å². The summed E-state index contributed by atoms with van der Waals surface area (Å²) in [6.45, 7) is 3.57. The molecule has 1 unspecified atom stereocenters. The molecule has 1 atom stereocenters. The Balaban J connectivity index is 2.17. The van der Waals surface area contributed by atoms with Crippen LogP contribution in [-0.2, 0) is 0 Å². The number of rotatable bonds is 4. The molecule has 2 rings (SSSR count). The summed E-state index contributed by atoms with van der Waals surface area (Å²) in [7, 11) is 0. The topological polar surface area (TPSA) is 85.4 Å². The van der Waals surface area contributed by atoms with Gasteiger partial charge in [-0.2, -0.15) is 0 Å². The van der Waals surface area contributed by atoms with E-state index in [0.29, 0.717) is 5.76 Å². The highest BCUT2D eigenvalue weighted by Crippen LogP contribution is 2.25. The molecule has 1 N–H and O–H groups in total. The van der Waals surface area contributed by atoms with Crippen LogP contribution in [0.15, 0.2) is 34.7 Å². The third kappa shape index (κ3) is 3.41. The van der Waals surface area contributed by atoms with Crippen LogP contribution in [0.5, 0.6) is 0 Å². The summed E-state index contributed by atoms with van der Waals surface area (Å²) in [6.07, 6.45) is 0. The first-order valence-electron chi connectivity index (χ1n) is 6.19. The summed E-state index contributed by atoms with van der Waals surface area (Å²) in [5.74, 6) is 0.925. The number of furan rings is 1. The lowest BCUT2D eigenvalue weighted by Gasteiger charge is -2.11. The summed E-state index contributed by atoms with van der Waals surface area (Å²) < 4.78 is 5.42. The Labute approximate surface area is 125 Å². The van der Waals surface area contributed by atoms with Crippen LogP contribution in [0, 0.1) is 17.0 Å². The van der Waals surface area contributed by atoms with E-state index in [9.17, 15) is 14.9 Å². The van der Waals surface area contributed by atoms with E-state index in [2.05, 4.69) is 5.32 Å². The van der Waals surface area contributed by atoms with Gasteiger partial charge in [-0.3, -0.25) is 14.9 Å². The molecule has 0 aliphatic rings. The summed E-state index contributed by atoms with van der Waals surface area (Å²) >= 11 is 5.71. The zero-order chi connectivity index (χ0) is 15.6. The maximum atomic E-state index is 12.1. The lowest BCUT2D eigenvalue weighted by Crippen LogP contribution is -2.26. The van der Waals surface area contributed by atoms with Crippen molar-refractivity contribution < 1.29 is 14.1 Å². The van der Waals surface area contributed by atoms with E-state index < -0.39 is 10.8 Å². The molecule has 0 spiro atoms. The monoisotopic (exact) mass is 308 g/mol. The number of hydrogen-bond acceptors (Lipinski definition) is 4. The maximum absolute atomic E-state index is 12.1. The van der Waals surface area contributed by atoms with Crippen LogP contribution in [-0.4, -0.2) is 10.8 Å². The lowest BCUT2D eigenvalue weighted by molar-refractivity contribution is -0.384. The van der Waals surface area contributed by atoms with E-state index >= 15 is 0 Å². The first-order valence-corrected chi connectivity index (χ1v) is 6.57. The second kappa shape index (κ2) is 5.97. The number of carbonyl (C=O) groups is 1. The van der Waals surface area contributed by atoms with Gasteiger partial charge in [0, 0.05) is 11.6 Å². The molecule has 0 radical (unpaired) electrons. The average molecular weight is 309 g/mol. The highest BCUT2D eigenvalue weighted by atomic mass is 35.5. The van der Waals surface area contributed by atoms with Crippen molar-refractivity contribution in [2.45, 2.75) is 19.9 Å². The van der Waals surface area contributed by atoms with Gasteiger partial charge in [0.1, 0.15) is 16.5 Å². The van der Waals surface area contributed by atoms with Crippen LogP contribution >= 0.6 is 11.6 Å². The van der Waals surface area contributed by atoms with Crippen molar-refractivity contribution in [1.82, 2.24) is 5.32 Å². The highest BCUT2D eigenvalue weighted by molar-refractivity contribution is 6.32. The molecular weight excluding hydrogens is 296 g/mol. The summed E-state index contributed by atoms with van der Waals surface area (Å²) in [6, 6.07) is 7.13. The third-order valence-electron chi connectivity index (χ3n) is 2.94. The Kier molecular flexibility index (Phi) is 4.28. The molecule has 0 aliphatic heterocycles. The molecule has 1 aromatic carbocycles. The third-order valence-corrected chi connectivity index (χ3v) is 3.26. The van der Waals surface area contributed by atoms with Crippen LogP contribution in [0.4, 0.5) is 5.69 Å². The highest BCUT2D eigenvalue weighted by Gasteiger charge is 2.18. The molecule has 21 heavy (non-hydrogen) atoms. The summed E-state index contributed by atoms with van der Waals surface area (Å²) in [5.41, 5.74) is -0.132. The number of benzene rings is 1. The number of hydrogen-bond donors (Lipinski definition) is 1. The van der Waals surface area contributed by atoms with E-state index in [4.69, 9.17) is 16.0 Å². The zero-order valence-electron chi connectivity index (χ0n) is 11.4. The van der Waals surface area contributed by atoms with Gasteiger partial charge in [0.2, 0.25) is 0 Å². The van der Waals surface area contributed by atoms with Gasteiger partial charge in [-0.1, -0.05) is 11.6 Å². The fraction of sp³-hybridized carbons (Fsp3) is 0.214. The van der Waals surface area contributed by atoms with Crippen LogP contribution in [0.2, 0.25) is 5.02 Å². The lowest BCUT2D eigenvalue weighted by atomic mass is 10.1. The Bertz CT molecular complexity index is 696. The van der Waals surface area contributed by atoms with Crippen molar-refractivity contribution in [3.63, 3.8) is 0 Å². The molecule has 0 aliphatic carbocycles. The Morgan fingerprint density at radius 1 is 1.38 bits per heavy atom. The summed E-state index contributed by atoms with van der Waals surface area (Å²) in [4.78, 5) is 22.3. The van der Waals surface area contributed by atoms with E-state index in [1.807, 2.05) is 0 Å². The van der Waals surface area contributed by atoms with Gasteiger partial charge in [0.25, 0.3) is 11.6 Å². The van der Waals surface area contributed by atoms with Gasteiger partial charge < -0.3 is 9.73 Å². The van der Waals surface area contributed by atoms with Gasteiger partial charge in [-0.25, -0.2) is 0 Å². The van der Waals surface area contributed by atoms with Crippen LogP contribution in [0.3, 0.4) is 0 Å². The largest absolute Gasteiger partial charge is 0.464 e. The molecule has 0 bridgehead atoms. The molecular formula is C14H13ClN2O4. The first-order chi connectivity index (χ1) is 9.88. The molecule has 6 nitrogen and oxygen atoms in total. The average Bonchev–Trinajstić information content (AvgIpc) is 2.85. The maximum Gasteiger partial charge on any atom is 0.288 e. The standard InChI is InChI=1S/C14H13ClN2O4/c1-8-3-6-13(21-8)9(2)16-14(18)10-4-5-11(15)12(7-10)17(19)20/h3-7,9H,1-2H3,(H,16,18). The first kappa shape index (κ1) is 15.1. The van der Waals surface area contributed by atoms with Gasteiger partial charge in [-0.15, -0.1) is 0 Å². The minimum absolute atomic E-state index is 0.00809. The van der Waals surface area contributed by atoms with Crippen molar-refractivity contribution in [2.75, 3.05) is 0 Å². The predicted octanol–water partition coefficient (Wildman–Crippen LogP) is 3.64. The molecule has 0 fully saturated rings. The number of nitro groups is 1. The van der Waals surface area contributed by atoms with E-state index in [-0.39, 0.29) is 22.3 Å². The van der Waals surface area contributed by atoms with Crippen molar-refractivity contribution in [1.29, 1.82) is 0 Å². The summed E-state index contributed by atoms with van der Waals surface area (Å²) in [5, 5.41) is 13.5. The smallest absolute Gasteiger partial charge is 0.288 e. The van der Waals surface area contributed by atoms with Crippen molar-refractivity contribution in [3.05, 3.63) is 62.6 Å². The molecule has 110 valence electrons. The van der Waals surface area contributed by atoms with Crippen molar-refractivity contribution in [2.24, 2.45) is 0 Å². The molecule has 1 heterocycles. The van der Waals surface area contributed by atoms with Gasteiger partial charge in [-0.05, 0) is 38.1 Å². The van der Waals surface area contributed by atoms with E-state index in [1.165, 1.54) is 12.1 Å². The Morgan fingerprint density at radius 2 is 2.10 bits per heavy atom. The number of halogens is 1. The minimum Gasteiger partial charge on any atom is -0.464 e. The van der Waals surface area contributed by atoms with Crippen LogP contribution < -0.4 is 5.32 Å². The van der Waals surface area contributed by atoms with Crippen LogP contribution in [0.25, 0.3) is 0 Å². The normalized spacial score (nSPS) is 12.0. The predicted molar refractivity (Wildman–Crippen MR) is 77.4 cm³/mol. The minimum atomic E-state index is -0.627. The molecule has 0 saturated heterocycles. The molecule has 1 aromatic heterocycles. The zero-order valence-corrected chi connectivity index (χ0v) is 12.2. The van der Waals surface area contributed by atoms with Crippen molar-refractivity contribution >= 4 is 23.2 Å². The number of nitrogens with one attached hydrogen (secondary N) is 1. The number of amides is 1.